The zero-order chi connectivity index (χ0) is 34.3. The van der Waals surface area contributed by atoms with Crippen molar-refractivity contribution in [3.8, 4) is 17.1 Å². The number of imidazole rings is 1. The van der Waals surface area contributed by atoms with E-state index >= 15 is 0 Å². The van der Waals surface area contributed by atoms with E-state index in [2.05, 4.69) is 17.0 Å². The average molecular weight is 669 g/mol. The van der Waals surface area contributed by atoms with Crippen molar-refractivity contribution in [1.82, 2.24) is 29.1 Å². The van der Waals surface area contributed by atoms with E-state index < -0.39 is 6.09 Å². The largest absolute Gasteiger partial charge is 0.469 e. The molecule has 0 spiro atoms. The molecular weight excluding hydrogens is 628 g/mol. The van der Waals surface area contributed by atoms with E-state index in [4.69, 9.17) is 19.1 Å². The van der Waals surface area contributed by atoms with Crippen LogP contribution in [0, 0.1) is 0 Å². The lowest BCUT2D eigenvalue weighted by molar-refractivity contribution is 0.0632. The van der Waals surface area contributed by atoms with Gasteiger partial charge in [-0.15, -0.1) is 0 Å². The zero-order valence-corrected chi connectivity index (χ0v) is 28.1. The minimum Gasteiger partial charge on any atom is -0.469 e. The van der Waals surface area contributed by atoms with Gasteiger partial charge < -0.3 is 19.0 Å². The molecule has 7 rings (SSSR count). The Morgan fingerprint density at radius 3 is 2.20 bits per heavy atom. The van der Waals surface area contributed by atoms with Crippen LogP contribution < -0.4 is 4.74 Å². The van der Waals surface area contributed by atoms with Crippen molar-refractivity contribution in [3.63, 3.8) is 0 Å². The van der Waals surface area contributed by atoms with E-state index in [0.717, 1.165) is 54.1 Å². The van der Waals surface area contributed by atoms with Crippen molar-refractivity contribution >= 4 is 17.6 Å². The van der Waals surface area contributed by atoms with Gasteiger partial charge in [0, 0.05) is 63.5 Å². The van der Waals surface area contributed by atoms with Crippen LogP contribution in [0.15, 0.2) is 120 Å². The van der Waals surface area contributed by atoms with Crippen molar-refractivity contribution in [2.24, 2.45) is 0 Å². The Morgan fingerprint density at radius 2 is 1.50 bits per heavy atom. The maximum atomic E-state index is 13.6. The third kappa shape index (κ3) is 7.61. The molecular formula is C40H40N6O4. The highest BCUT2D eigenvalue weighted by atomic mass is 16.6. The van der Waals surface area contributed by atoms with Crippen LogP contribution in [0.25, 0.3) is 16.9 Å². The van der Waals surface area contributed by atoms with Gasteiger partial charge in [0.1, 0.15) is 11.5 Å². The van der Waals surface area contributed by atoms with Crippen molar-refractivity contribution < 1.29 is 18.7 Å². The fourth-order valence-electron chi connectivity index (χ4n) is 6.31. The molecule has 10 heteroatoms. The normalized spacial score (nSPS) is 13.4. The number of furan rings is 1. The first-order valence-electron chi connectivity index (χ1n) is 17.0. The van der Waals surface area contributed by atoms with Crippen molar-refractivity contribution in [2.75, 3.05) is 46.3 Å². The fraction of sp³-hybridized carbons (Fsp3) is 0.250. The first kappa shape index (κ1) is 32.8. The molecule has 1 aliphatic rings. The monoisotopic (exact) mass is 668 g/mol. The minimum absolute atomic E-state index is 0.0744. The first-order valence-corrected chi connectivity index (χ1v) is 17.0. The number of piperazine rings is 1. The van der Waals surface area contributed by atoms with Gasteiger partial charge in [-0.1, -0.05) is 78.9 Å². The molecule has 0 aliphatic carbocycles. The van der Waals surface area contributed by atoms with Gasteiger partial charge in [0.15, 0.2) is 5.65 Å². The molecule has 0 unspecified atom stereocenters. The highest BCUT2D eigenvalue weighted by molar-refractivity contribution is 5.94. The summed E-state index contributed by atoms with van der Waals surface area (Å²) >= 11 is 0. The molecule has 1 saturated heterocycles. The lowest BCUT2D eigenvalue weighted by Crippen LogP contribution is -2.49. The highest BCUT2D eigenvalue weighted by Gasteiger charge is 2.25. The number of nitrogens with zero attached hydrogens (tertiary/aromatic N) is 6. The van der Waals surface area contributed by atoms with E-state index in [1.807, 2.05) is 106 Å². The molecule has 0 saturated carbocycles. The van der Waals surface area contributed by atoms with E-state index in [1.54, 1.807) is 18.2 Å². The second kappa shape index (κ2) is 15.2. The predicted octanol–water partition coefficient (Wildman–Crippen LogP) is 6.45. The Morgan fingerprint density at radius 1 is 0.800 bits per heavy atom. The number of carbonyl (C=O) groups is 2. The molecule has 1 aliphatic heterocycles. The fourth-order valence-corrected chi connectivity index (χ4v) is 6.31. The SMILES string of the molecule is CN(CCCN1CCN(C(=O)c2ccccc2)CC1)C(=O)Oc1c(Cc2ccco2)nc2c(Cc3ccccc3)nc(-c3ccccc3)cn12. The maximum Gasteiger partial charge on any atom is 0.416 e. The van der Waals surface area contributed by atoms with E-state index in [0.29, 0.717) is 55.5 Å². The summed E-state index contributed by atoms with van der Waals surface area (Å²) in [6.07, 6.45) is 4.74. The van der Waals surface area contributed by atoms with Crippen LogP contribution in [0.5, 0.6) is 5.88 Å². The van der Waals surface area contributed by atoms with Gasteiger partial charge in [-0.3, -0.25) is 14.1 Å². The van der Waals surface area contributed by atoms with Gasteiger partial charge in [-0.25, -0.2) is 14.8 Å². The minimum atomic E-state index is -0.464. The molecule has 10 nitrogen and oxygen atoms in total. The zero-order valence-electron chi connectivity index (χ0n) is 28.1. The summed E-state index contributed by atoms with van der Waals surface area (Å²) < 4.78 is 13.7. The highest BCUT2D eigenvalue weighted by Crippen LogP contribution is 2.30. The Bertz CT molecular complexity index is 2020. The van der Waals surface area contributed by atoms with Crippen molar-refractivity contribution in [3.05, 3.63) is 144 Å². The van der Waals surface area contributed by atoms with Crippen molar-refractivity contribution in [2.45, 2.75) is 19.3 Å². The molecule has 3 aromatic carbocycles. The number of hydrogen-bond acceptors (Lipinski definition) is 7. The smallest absolute Gasteiger partial charge is 0.416 e. The number of rotatable bonds is 11. The molecule has 0 radical (unpaired) electrons. The number of ether oxygens (including phenoxy) is 1. The van der Waals surface area contributed by atoms with Gasteiger partial charge in [0.05, 0.1) is 24.1 Å². The maximum absolute atomic E-state index is 13.6. The van der Waals surface area contributed by atoms with Crippen LogP contribution in [0.1, 0.15) is 39.5 Å². The molecule has 1 fully saturated rings. The van der Waals surface area contributed by atoms with Crippen LogP contribution >= 0.6 is 0 Å². The van der Waals surface area contributed by atoms with Gasteiger partial charge in [-0.05, 0) is 42.8 Å². The standard InChI is InChI=1S/C40H40N6O4/c1-43(20-12-21-44-22-24-45(25-23-44)38(47)32-17-9-4-10-18-32)40(48)50-39-35(28-33-19-11-26-49-33)42-37-34(27-30-13-5-2-6-14-30)41-36(29-46(37)39)31-15-7-3-8-16-31/h2-11,13-19,26,29H,12,20-25,27-28H2,1H3. The lowest BCUT2D eigenvalue weighted by Gasteiger charge is -2.35. The Balaban J connectivity index is 1.07. The second-order valence-corrected chi connectivity index (χ2v) is 12.6. The molecule has 254 valence electrons. The molecule has 50 heavy (non-hydrogen) atoms. The summed E-state index contributed by atoms with van der Waals surface area (Å²) in [4.78, 5) is 42.4. The van der Waals surface area contributed by atoms with Gasteiger partial charge in [0.2, 0.25) is 5.88 Å². The number of hydrogen-bond donors (Lipinski definition) is 0. The Hall–Kier alpha value is -5.74. The summed E-state index contributed by atoms with van der Waals surface area (Å²) in [5, 5.41) is 0. The number of benzene rings is 3. The summed E-state index contributed by atoms with van der Waals surface area (Å²) in [5.74, 6) is 1.14. The van der Waals surface area contributed by atoms with Gasteiger partial charge in [0.25, 0.3) is 5.91 Å². The quantitative estimate of drug-likeness (QED) is 0.157. The van der Waals surface area contributed by atoms with Crippen LogP contribution in [-0.2, 0) is 12.8 Å². The average Bonchev–Trinajstić information content (AvgIpc) is 3.80. The lowest BCUT2D eigenvalue weighted by atomic mass is 10.1. The van der Waals surface area contributed by atoms with Crippen LogP contribution in [0.3, 0.4) is 0 Å². The Labute approximate surface area is 291 Å². The van der Waals surface area contributed by atoms with E-state index in [-0.39, 0.29) is 5.91 Å². The summed E-state index contributed by atoms with van der Waals surface area (Å²) in [6.45, 7) is 4.30. The summed E-state index contributed by atoms with van der Waals surface area (Å²) in [6, 6.07) is 33.3. The second-order valence-electron chi connectivity index (χ2n) is 12.6. The number of aromatic nitrogens is 3. The third-order valence-corrected chi connectivity index (χ3v) is 9.05. The molecule has 6 aromatic rings. The third-order valence-electron chi connectivity index (χ3n) is 9.05. The summed E-state index contributed by atoms with van der Waals surface area (Å²) in [7, 11) is 1.76. The predicted molar refractivity (Wildman–Crippen MR) is 191 cm³/mol. The number of amides is 2. The van der Waals surface area contributed by atoms with Crippen LogP contribution in [0.4, 0.5) is 4.79 Å². The van der Waals surface area contributed by atoms with Crippen LogP contribution in [-0.4, -0.2) is 87.4 Å². The molecule has 0 atom stereocenters. The molecule has 0 N–H and O–H groups in total. The molecule has 3 aromatic heterocycles. The topological polar surface area (TPSA) is 96.4 Å². The molecule has 4 heterocycles. The van der Waals surface area contributed by atoms with Gasteiger partial charge >= 0.3 is 6.09 Å². The van der Waals surface area contributed by atoms with E-state index in [1.165, 1.54) is 0 Å². The molecule has 0 bridgehead atoms. The van der Waals surface area contributed by atoms with E-state index in [9.17, 15) is 9.59 Å². The van der Waals surface area contributed by atoms with Crippen molar-refractivity contribution in [1.29, 1.82) is 0 Å². The molecule has 2 amide bonds. The number of carbonyl (C=O) groups excluding carboxylic acids is 2. The van der Waals surface area contributed by atoms with Gasteiger partial charge in [-0.2, -0.15) is 0 Å². The van der Waals surface area contributed by atoms with Crippen LogP contribution in [0.2, 0.25) is 0 Å². The summed E-state index contributed by atoms with van der Waals surface area (Å²) in [5.41, 5.74) is 5.52. The Kier molecular flexibility index (Phi) is 9.98. The first-order chi connectivity index (χ1) is 24.5. The number of fused-ring (bicyclic) bond motifs is 1.